The molecule has 0 spiro atoms. The number of carbonyl (C=O) groups excluding carboxylic acids is 1. The highest BCUT2D eigenvalue weighted by atomic mass is 32.1. The fourth-order valence-electron chi connectivity index (χ4n) is 1.81. The first-order valence-electron chi connectivity index (χ1n) is 6.17. The number of nitrogens with zero attached hydrogens (tertiary/aromatic N) is 2. The molecule has 0 fully saturated rings. The first-order valence-corrected chi connectivity index (χ1v) is 7.92. The van der Waals surface area contributed by atoms with Gasteiger partial charge in [-0.05, 0) is 19.1 Å². The number of nitrogen functional groups attached to an aromatic ring is 1. The first kappa shape index (κ1) is 13.7. The maximum absolute atomic E-state index is 12.0. The van der Waals surface area contributed by atoms with Gasteiger partial charge in [0.2, 0.25) is 0 Å². The molecule has 3 rings (SSSR count). The Morgan fingerprint density at radius 3 is 2.48 bits per heavy atom. The molecule has 7 heteroatoms. The zero-order valence-electron chi connectivity index (χ0n) is 11.2. The van der Waals surface area contributed by atoms with Gasteiger partial charge in [-0.1, -0.05) is 12.1 Å². The number of thiazole rings is 2. The van der Waals surface area contributed by atoms with Gasteiger partial charge in [0, 0.05) is 22.0 Å². The molecule has 0 unspecified atom stereocenters. The molecule has 0 bridgehead atoms. The molecule has 106 valence electrons. The van der Waals surface area contributed by atoms with Crippen LogP contribution in [0.4, 0.5) is 10.8 Å². The van der Waals surface area contributed by atoms with E-state index in [0.717, 1.165) is 16.3 Å². The van der Waals surface area contributed by atoms with Gasteiger partial charge in [0.1, 0.15) is 5.69 Å². The molecule has 0 atom stereocenters. The van der Waals surface area contributed by atoms with E-state index < -0.39 is 0 Å². The van der Waals surface area contributed by atoms with Gasteiger partial charge < -0.3 is 11.1 Å². The van der Waals surface area contributed by atoms with Crippen LogP contribution < -0.4 is 11.1 Å². The van der Waals surface area contributed by atoms with E-state index in [-0.39, 0.29) is 5.91 Å². The number of benzene rings is 1. The second-order valence-corrected chi connectivity index (χ2v) is 6.31. The van der Waals surface area contributed by atoms with E-state index in [1.807, 2.05) is 36.6 Å². The van der Waals surface area contributed by atoms with Crippen molar-refractivity contribution < 1.29 is 4.79 Å². The summed E-state index contributed by atoms with van der Waals surface area (Å²) in [5.41, 5.74) is 8.53. The Balaban J connectivity index is 1.74. The van der Waals surface area contributed by atoms with E-state index in [0.29, 0.717) is 16.5 Å². The fourth-order valence-corrected chi connectivity index (χ4v) is 2.97. The van der Waals surface area contributed by atoms with Gasteiger partial charge in [-0.25, -0.2) is 9.97 Å². The third kappa shape index (κ3) is 3.09. The number of rotatable bonds is 3. The summed E-state index contributed by atoms with van der Waals surface area (Å²) >= 11 is 2.86. The molecule has 5 nitrogen and oxygen atoms in total. The lowest BCUT2D eigenvalue weighted by molar-refractivity contribution is 0.102. The van der Waals surface area contributed by atoms with Crippen molar-refractivity contribution in [3.8, 4) is 11.3 Å². The molecule has 2 heterocycles. The van der Waals surface area contributed by atoms with E-state index in [2.05, 4.69) is 15.3 Å². The summed E-state index contributed by atoms with van der Waals surface area (Å²) in [6.07, 6.45) is 0. The summed E-state index contributed by atoms with van der Waals surface area (Å²) in [5, 5.41) is 7.85. The second kappa shape index (κ2) is 5.63. The first-order chi connectivity index (χ1) is 10.1. The Hall–Kier alpha value is -2.25. The maximum atomic E-state index is 12.0. The summed E-state index contributed by atoms with van der Waals surface area (Å²) in [6, 6.07) is 7.55. The number of hydrogen-bond acceptors (Lipinski definition) is 6. The van der Waals surface area contributed by atoms with Crippen LogP contribution in [0.15, 0.2) is 35.0 Å². The average molecular weight is 316 g/mol. The molecule has 0 radical (unpaired) electrons. The lowest BCUT2D eigenvalue weighted by atomic mass is 10.1. The number of amides is 1. The number of aryl methyl sites for hydroxylation is 1. The number of carbonyl (C=O) groups is 1. The van der Waals surface area contributed by atoms with Crippen LogP contribution in [0.5, 0.6) is 0 Å². The van der Waals surface area contributed by atoms with E-state index in [4.69, 9.17) is 5.73 Å². The van der Waals surface area contributed by atoms with Crippen LogP contribution in [0.2, 0.25) is 0 Å². The van der Waals surface area contributed by atoms with Crippen LogP contribution in [-0.4, -0.2) is 15.9 Å². The van der Waals surface area contributed by atoms with Crippen molar-refractivity contribution >= 4 is 39.4 Å². The molecule has 21 heavy (non-hydrogen) atoms. The molecule has 1 amide bonds. The van der Waals surface area contributed by atoms with Crippen molar-refractivity contribution in [2.45, 2.75) is 6.92 Å². The third-order valence-corrected chi connectivity index (χ3v) is 4.26. The van der Waals surface area contributed by atoms with Crippen molar-refractivity contribution in [2.75, 3.05) is 11.1 Å². The zero-order chi connectivity index (χ0) is 14.8. The summed E-state index contributed by atoms with van der Waals surface area (Å²) in [7, 11) is 0. The molecule has 0 saturated heterocycles. The van der Waals surface area contributed by atoms with Crippen LogP contribution in [0, 0.1) is 6.92 Å². The average Bonchev–Trinajstić information content (AvgIpc) is 3.08. The molecule has 2 aromatic heterocycles. The number of nitrogens with two attached hydrogens (primary N) is 1. The van der Waals surface area contributed by atoms with Crippen LogP contribution in [0.1, 0.15) is 15.5 Å². The van der Waals surface area contributed by atoms with Gasteiger partial charge in [0.05, 0.1) is 10.7 Å². The predicted molar refractivity (Wildman–Crippen MR) is 86.8 cm³/mol. The van der Waals surface area contributed by atoms with Crippen LogP contribution in [-0.2, 0) is 0 Å². The normalized spacial score (nSPS) is 10.5. The van der Waals surface area contributed by atoms with Gasteiger partial charge in [-0.3, -0.25) is 4.79 Å². The highest BCUT2D eigenvalue weighted by molar-refractivity contribution is 7.13. The molecule has 3 N–H and O–H groups in total. The lowest BCUT2D eigenvalue weighted by Crippen LogP contribution is -2.12. The van der Waals surface area contributed by atoms with Crippen molar-refractivity contribution in [1.29, 1.82) is 0 Å². The minimum Gasteiger partial charge on any atom is -0.375 e. The van der Waals surface area contributed by atoms with Crippen molar-refractivity contribution in [3.63, 3.8) is 0 Å². The van der Waals surface area contributed by atoms with Gasteiger partial charge in [0.15, 0.2) is 5.13 Å². The largest absolute Gasteiger partial charge is 0.375 e. The van der Waals surface area contributed by atoms with Gasteiger partial charge >= 0.3 is 0 Å². The molecular formula is C14H12N4OS2. The second-order valence-electron chi connectivity index (χ2n) is 4.35. The molecule has 0 aliphatic rings. The minimum atomic E-state index is -0.264. The van der Waals surface area contributed by atoms with Gasteiger partial charge in [-0.2, -0.15) is 0 Å². The smallest absolute Gasteiger partial charge is 0.275 e. The lowest BCUT2D eigenvalue weighted by Gasteiger charge is -2.04. The van der Waals surface area contributed by atoms with E-state index >= 15 is 0 Å². The predicted octanol–water partition coefficient (Wildman–Crippen LogP) is 3.41. The standard InChI is InChI=1S/C14H12N4OS2/c1-8-16-11(6-20-8)9-2-4-10(5-3-9)17-13(19)12-7-21-14(15)18-12/h2-7H,1H3,(H2,15,18)(H,17,19). The number of aromatic nitrogens is 2. The molecule has 3 aromatic rings. The minimum absolute atomic E-state index is 0.264. The number of hydrogen-bond donors (Lipinski definition) is 2. The molecular weight excluding hydrogens is 304 g/mol. The highest BCUT2D eigenvalue weighted by Gasteiger charge is 2.10. The highest BCUT2D eigenvalue weighted by Crippen LogP contribution is 2.23. The maximum Gasteiger partial charge on any atom is 0.275 e. The zero-order valence-corrected chi connectivity index (χ0v) is 12.8. The topological polar surface area (TPSA) is 80.9 Å². The summed E-state index contributed by atoms with van der Waals surface area (Å²) in [4.78, 5) is 20.3. The third-order valence-electron chi connectivity index (χ3n) is 2.81. The number of anilines is 2. The SMILES string of the molecule is Cc1nc(-c2ccc(NC(=O)c3csc(N)n3)cc2)cs1. The summed E-state index contributed by atoms with van der Waals surface area (Å²) in [6.45, 7) is 1.97. The Morgan fingerprint density at radius 1 is 1.14 bits per heavy atom. The van der Waals surface area contributed by atoms with E-state index in [9.17, 15) is 4.79 Å². The number of nitrogens with one attached hydrogen (secondary N) is 1. The van der Waals surface area contributed by atoms with E-state index in [1.54, 1.807) is 16.7 Å². The Kier molecular flexibility index (Phi) is 3.68. The monoisotopic (exact) mass is 316 g/mol. The Morgan fingerprint density at radius 2 is 1.90 bits per heavy atom. The molecule has 1 aromatic carbocycles. The van der Waals surface area contributed by atoms with E-state index in [1.165, 1.54) is 11.3 Å². The van der Waals surface area contributed by atoms with Crippen molar-refractivity contribution in [1.82, 2.24) is 9.97 Å². The van der Waals surface area contributed by atoms with Crippen molar-refractivity contribution in [2.24, 2.45) is 0 Å². The molecule has 0 aliphatic carbocycles. The quantitative estimate of drug-likeness (QED) is 0.776. The molecule has 0 saturated carbocycles. The van der Waals surface area contributed by atoms with Gasteiger partial charge in [0.25, 0.3) is 5.91 Å². The molecule has 0 aliphatic heterocycles. The fraction of sp³-hybridized carbons (Fsp3) is 0.0714. The van der Waals surface area contributed by atoms with Gasteiger partial charge in [-0.15, -0.1) is 22.7 Å². The van der Waals surface area contributed by atoms with Crippen LogP contribution >= 0.6 is 22.7 Å². The van der Waals surface area contributed by atoms with Crippen molar-refractivity contribution in [3.05, 3.63) is 45.7 Å². The summed E-state index contributed by atoms with van der Waals surface area (Å²) < 4.78 is 0. The van der Waals surface area contributed by atoms with Crippen LogP contribution in [0.25, 0.3) is 11.3 Å². The summed E-state index contributed by atoms with van der Waals surface area (Å²) in [5.74, 6) is -0.264. The Bertz CT molecular complexity index is 776. The Labute approximate surface area is 129 Å². The van der Waals surface area contributed by atoms with Crippen LogP contribution in [0.3, 0.4) is 0 Å².